The molecule has 2 N–H and O–H groups in total. The predicted molar refractivity (Wildman–Crippen MR) is 36.5 cm³/mol. The van der Waals surface area contributed by atoms with Gasteiger partial charge in [0.1, 0.15) is 0 Å². The molecule has 7 heteroatoms. The van der Waals surface area contributed by atoms with Crippen LogP contribution >= 0.6 is 12.4 Å². The Morgan fingerprint density at radius 2 is 1.42 bits per heavy atom. The Kier molecular flexibility index (Phi) is 5.78. The number of alkyl halides is 5. The van der Waals surface area contributed by atoms with Gasteiger partial charge in [-0.15, -0.1) is 12.4 Å². The van der Waals surface area contributed by atoms with E-state index in [1.54, 1.807) is 0 Å². The van der Waals surface area contributed by atoms with Crippen molar-refractivity contribution >= 4 is 12.4 Å². The maximum atomic E-state index is 11.9. The minimum Gasteiger partial charge on any atom is -0.330 e. The van der Waals surface area contributed by atoms with Crippen molar-refractivity contribution in [3.63, 3.8) is 0 Å². The molecular formula is C5H9ClF5N. The Bertz CT molecular complexity index is 123. The third-order valence-corrected chi connectivity index (χ3v) is 1.11. The number of nitrogens with two attached hydrogens (primary N) is 1. The van der Waals surface area contributed by atoms with E-state index in [0.717, 1.165) is 0 Å². The first-order chi connectivity index (χ1) is 4.81. The highest BCUT2D eigenvalue weighted by atomic mass is 35.5. The van der Waals surface area contributed by atoms with Gasteiger partial charge in [-0.25, -0.2) is 0 Å². The lowest BCUT2D eigenvalue weighted by Gasteiger charge is -2.18. The van der Waals surface area contributed by atoms with Crippen molar-refractivity contribution in [3.05, 3.63) is 0 Å². The average Bonchev–Trinajstić information content (AvgIpc) is 1.81. The fourth-order valence-electron chi connectivity index (χ4n) is 0.466. The van der Waals surface area contributed by atoms with Crippen molar-refractivity contribution in [2.75, 3.05) is 6.54 Å². The van der Waals surface area contributed by atoms with Gasteiger partial charge in [0.2, 0.25) is 0 Å². The molecule has 0 aliphatic carbocycles. The molecule has 0 aromatic heterocycles. The Hall–Kier alpha value is -0.100. The molecule has 0 spiro atoms. The molecule has 0 heterocycles. The van der Waals surface area contributed by atoms with Crippen LogP contribution in [0, 0.1) is 0 Å². The van der Waals surface area contributed by atoms with Crippen LogP contribution in [0.1, 0.15) is 12.8 Å². The van der Waals surface area contributed by atoms with Gasteiger partial charge in [-0.05, 0) is 13.0 Å². The van der Waals surface area contributed by atoms with E-state index in [1.807, 2.05) is 0 Å². The molecule has 0 unspecified atom stereocenters. The lowest BCUT2D eigenvalue weighted by Crippen LogP contribution is -2.36. The SMILES string of the molecule is Cl.NCCCC(F)(F)C(F)(F)F. The summed E-state index contributed by atoms with van der Waals surface area (Å²) < 4.78 is 58.0. The van der Waals surface area contributed by atoms with Crippen LogP contribution in [-0.2, 0) is 0 Å². The fourth-order valence-corrected chi connectivity index (χ4v) is 0.466. The van der Waals surface area contributed by atoms with E-state index in [-0.39, 0.29) is 25.4 Å². The smallest absolute Gasteiger partial charge is 0.330 e. The summed E-state index contributed by atoms with van der Waals surface area (Å²) in [6, 6.07) is 0. The van der Waals surface area contributed by atoms with E-state index in [1.165, 1.54) is 0 Å². The maximum absolute atomic E-state index is 11.9. The normalized spacial score (nSPS) is 12.5. The molecule has 0 saturated carbocycles. The third-order valence-electron chi connectivity index (χ3n) is 1.11. The Labute approximate surface area is 72.5 Å². The van der Waals surface area contributed by atoms with Gasteiger partial charge in [-0.3, -0.25) is 0 Å². The summed E-state index contributed by atoms with van der Waals surface area (Å²) in [5, 5.41) is 0. The first-order valence-electron chi connectivity index (χ1n) is 2.96. The van der Waals surface area contributed by atoms with E-state index in [0.29, 0.717) is 0 Å². The number of hydrogen-bond donors (Lipinski definition) is 1. The lowest BCUT2D eigenvalue weighted by molar-refractivity contribution is -0.284. The lowest BCUT2D eigenvalue weighted by atomic mass is 10.2. The van der Waals surface area contributed by atoms with Gasteiger partial charge in [0.15, 0.2) is 0 Å². The van der Waals surface area contributed by atoms with E-state index in [9.17, 15) is 22.0 Å². The highest BCUT2D eigenvalue weighted by molar-refractivity contribution is 5.85. The molecule has 0 rings (SSSR count). The Morgan fingerprint density at radius 1 is 1.00 bits per heavy atom. The summed E-state index contributed by atoms with van der Waals surface area (Å²) >= 11 is 0. The van der Waals surface area contributed by atoms with Crippen LogP contribution in [0.15, 0.2) is 0 Å². The second-order valence-electron chi connectivity index (χ2n) is 2.09. The molecule has 0 amide bonds. The zero-order valence-corrected chi connectivity index (χ0v) is 6.81. The molecule has 0 bridgehead atoms. The molecule has 12 heavy (non-hydrogen) atoms. The van der Waals surface area contributed by atoms with E-state index in [2.05, 4.69) is 0 Å². The van der Waals surface area contributed by atoms with Crippen molar-refractivity contribution in [2.45, 2.75) is 24.9 Å². The van der Waals surface area contributed by atoms with Gasteiger partial charge >= 0.3 is 12.1 Å². The zero-order valence-electron chi connectivity index (χ0n) is 6.00. The van der Waals surface area contributed by atoms with Crippen molar-refractivity contribution in [3.8, 4) is 0 Å². The first kappa shape index (κ1) is 14.4. The van der Waals surface area contributed by atoms with Gasteiger partial charge in [0, 0.05) is 6.42 Å². The molecule has 76 valence electrons. The highest BCUT2D eigenvalue weighted by Crippen LogP contribution is 2.38. The van der Waals surface area contributed by atoms with Crippen LogP contribution in [0.5, 0.6) is 0 Å². The molecule has 0 aliphatic rings. The molecule has 0 radical (unpaired) electrons. The summed E-state index contributed by atoms with van der Waals surface area (Å²) in [6.45, 7) is -0.161. The van der Waals surface area contributed by atoms with Gasteiger partial charge in [0.05, 0.1) is 0 Å². The second-order valence-corrected chi connectivity index (χ2v) is 2.09. The van der Waals surface area contributed by atoms with Gasteiger partial charge in [0.25, 0.3) is 0 Å². The summed E-state index contributed by atoms with van der Waals surface area (Å²) in [6.07, 6.45) is -7.00. The standard InChI is InChI=1S/C5H8F5N.ClH/c6-4(7,2-1-3-11)5(8,9)10;/h1-3,11H2;1H. The highest BCUT2D eigenvalue weighted by Gasteiger charge is 2.56. The summed E-state index contributed by atoms with van der Waals surface area (Å²) in [7, 11) is 0. The van der Waals surface area contributed by atoms with Crippen molar-refractivity contribution in [2.24, 2.45) is 5.73 Å². The molecule has 0 aromatic rings. The van der Waals surface area contributed by atoms with Crippen LogP contribution in [0.2, 0.25) is 0 Å². The van der Waals surface area contributed by atoms with Crippen LogP contribution in [0.4, 0.5) is 22.0 Å². The molecule has 1 nitrogen and oxygen atoms in total. The van der Waals surface area contributed by atoms with Gasteiger partial charge in [-0.1, -0.05) is 0 Å². The molecular weight excluding hydrogens is 205 g/mol. The molecule has 0 atom stereocenters. The van der Waals surface area contributed by atoms with Gasteiger partial charge < -0.3 is 5.73 Å². The van der Waals surface area contributed by atoms with Crippen LogP contribution in [0.3, 0.4) is 0 Å². The summed E-state index contributed by atoms with van der Waals surface area (Å²) in [4.78, 5) is 0. The average molecular weight is 214 g/mol. The van der Waals surface area contributed by atoms with Gasteiger partial charge in [-0.2, -0.15) is 22.0 Å². The van der Waals surface area contributed by atoms with Crippen molar-refractivity contribution in [1.29, 1.82) is 0 Å². The van der Waals surface area contributed by atoms with Crippen LogP contribution < -0.4 is 5.73 Å². The molecule has 0 fully saturated rings. The van der Waals surface area contributed by atoms with E-state index >= 15 is 0 Å². The monoisotopic (exact) mass is 213 g/mol. The summed E-state index contributed by atoms with van der Waals surface area (Å²) in [5.74, 6) is -4.59. The third kappa shape index (κ3) is 4.06. The molecule has 0 aromatic carbocycles. The number of hydrogen-bond acceptors (Lipinski definition) is 1. The van der Waals surface area contributed by atoms with Crippen LogP contribution in [0.25, 0.3) is 0 Å². The number of rotatable bonds is 3. The number of halogens is 6. The topological polar surface area (TPSA) is 26.0 Å². The predicted octanol–water partition coefficient (Wildman–Crippen LogP) is 2.34. The fraction of sp³-hybridized carbons (Fsp3) is 1.00. The largest absolute Gasteiger partial charge is 0.453 e. The summed E-state index contributed by atoms with van der Waals surface area (Å²) in [5.41, 5.74) is 4.78. The quantitative estimate of drug-likeness (QED) is 0.716. The van der Waals surface area contributed by atoms with E-state index < -0.39 is 18.5 Å². The molecule has 0 saturated heterocycles. The minimum absolute atomic E-state index is 0. The second kappa shape index (κ2) is 4.81. The van der Waals surface area contributed by atoms with Crippen molar-refractivity contribution < 1.29 is 22.0 Å². The van der Waals surface area contributed by atoms with Crippen molar-refractivity contribution in [1.82, 2.24) is 0 Å². The Morgan fingerprint density at radius 3 is 1.67 bits per heavy atom. The zero-order chi connectivity index (χ0) is 9.12. The minimum atomic E-state index is -5.44. The molecule has 0 aliphatic heterocycles. The Balaban J connectivity index is 0. The van der Waals surface area contributed by atoms with E-state index in [4.69, 9.17) is 5.73 Å². The maximum Gasteiger partial charge on any atom is 0.453 e. The first-order valence-corrected chi connectivity index (χ1v) is 2.96. The van der Waals surface area contributed by atoms with Crippen LogP contribution in [-0.4, -0.2) is 18.6 Å².